The lowest BCUT2D eigenvalue weighted by Gasteiger charge is -2.38. The molecule has 0 saturated carbocycles. The second-order valence-corrected chi connectivity index (χ2v) is 6.61. The molecule has 3 aromatic rings. The van der Waals surface area contributed by atoms with E-state index in [2.05, 4.69) is 33.3 Å². The van der Waals surface area contributed by atoms with E-state index in [1.165, 1.54) is 5.56 Å². The van der Waals surface area contributed by atoms with Crippen LogP contribution in [0.15, 0.2) is 41.2 Å². The van der Waals surface area contributed by atoms with Gasteiger partial charge < -0.3 is 14.0 Å². The van der Waals surface area contributed by atoms with Crippen LogP contribution in [0.1, 0.15) is 18.4 Å². The molecule has 0 amide bonds. The lowest BCUT2D eigenvalue weighted by molar-refractivity contribution is 0.0146. The van der Waals surface area contributed by atoms with Gasteiger partial charge >= 0.3 is 0 Å². The highest BCUT2D eigenvalue weighted by molar-refractivity contribution is 5.55. The molecule has 1 aliphatic heterocycles. The van der Waals surface area contributed by atoms with Gasteiger partial charge in [0, 0.05) is 50.6 Å². The van der Waals surface area contributed by atoms with Crippen LogP contribution in [0.25, 0.3) is 11.4 Å². The van der Waals surface area contributed by atoms with E-state index >= 15 is 0 Å². The molecule has 0 spiro atoms. The summed E-state index contributed by atoms with van der Waals surface area (Å²) in [6.07, 6.45) is 4.26. The van der Waals surface area contributed by atoms with Gasteiger partial charge in [-0.2, -0.15) is 10.1 Å². The van der Waals surface area contributed by atoms with Gasteiger partial charge in [0.25, 0.3) is 5.89 Å². The monoisotopic (exact) mass is 369 g/mol. The molecule has 1 fully saturated rings. The quantitative estimate of drug-likeness (QED) is 0.603. The van der Waals surface area contributed by atoms with Crippen molar-refractivity contribution in [2.24, 2.45) is 0 Å². The van der Waals surface area contributed by atoms with Gasteiger partial charge in [-0.25, -0.2) is 0 Å². The van der Waals surface area contributed by atoms with Gasteiger partial charge in [0.1, 0.15) is 18.5 Å². The summed E-state index contributed by atoms with van der Waals surface area (Å²) in [6, 6.07) is 7.75. The summed E-state index contributed by atoms with van der Waals surface area (Å²) in [7, 11) is 1.59. The number of hydrogen-bond donors (Lipinski definition) is 0. The fourth-order valence-corrected chi connectivity index (χ4v) is 3.07. The molecule has 0 radical (unpaired) electrons. The van der Waals surface area contributed by atoms with Crippen LogP contribution in [0.5, 0.6) is 5.75 Å². The van der Waals surface area contributed by atoms with E-state index in [-0.39, 0.29) is 6.10 Å². The van der Waals surface area contributed by atoms with E-state index in [1.807, 2.05) is 35.1 Å². The van der Waals surface area contributed by atoms with E-state index in [0.717, 1.165) is 37.5 Å². The Morgan fingerprint density at radius 3 is 2.74 bits per heavy atom. The number of ether oxygens (including phenoxy) is 2. The Kier molecular flexibility index (Phi) is 5.17. The second kappa shape index (κ2) is 7.89. The number of likely N-dealkylation sites (tertiary alicyclic amines) is 1. The lowest BCUT2D eigenvalue weighted by Crippen LogP contribution is -2.53. The molecule has 0 aliphatic carbocycles. The van der Waals surface area contributed by atoms with Gasteiger partial charge in [-0.1, -0.05) is 5.16 Å². The van der Waals surface area contributed by atoms with Crippen LogP contribution in [0.3, 0.4) is 0 Å². The van der Waals surface area contributed by atoms with Crippen molar-refractivity contribution in [3.8, 4) is 17.1 Å². The molecule has 1 aromatic carbocycles. The number of methoxy groups -OCH3 is 1. The highest BCUT2D eigenvalue weighted by Gasteiger charge is 2.28. The molecule has 142 valence electrons. The van der Waals surface area contributed by atoms with Crippen molar-refractivity contribution in [1.82, 2.24) is 24.8 Å². The van der Waals surface area contributed by atoms with Crippen LogP contribution >= 0.6 is 0 Å². The van der Waals surface area contributed by atoms with Gasteiger partial charge in [0.15, 0.2) is 0 Å². The molecule has 3 heterocycles. The maximum atomic E-state index is 6.03. The van der Waals surface area contributed by atoms with Crippen molar-refractivity contribution in [1.29, 1.82) is 0 Å². The van der Waals surface area contributed by atoms with Crippen LogP contribution in [-0.4, -0.2) is 51.1 Å². The van der Waals surface area contributed by atoms with Gasteiger partial charge in [-0.3, -0.25) is 9.58 Å². The van der Waals surface area contributed by atoms with Crippen LogP contribution in [-0.2, 0) is 24.4 Å². The maximum absolute atomic E-state index is 6.03. The number of aryl methyl sites for hydroxylation is 1. The third-order valence-corrected chi connectivity index (χ3v) is 4.49. The van der Waals surface area contributed by atoms with E-state index in [0.29, 0.717) is 18.3 Å². The van der Waals surface area contributed by atoms with Crippen molar-refractivity contribution in [3.63, 3.8) is 0 Å². The molecule has 0 unspecified atom stereocenters. The van der Waals surface area contributed by atoms with Crippen molar-refractivity contribution in [2.45, 2.75) is 32.7 Å². The standard InChI is InChI=1S/C19H23N5O3/c1-3-24-10-14(8-20-24)9-23-11-17(12-23)26-16-6-4-15(5-7-16)19-21-18(13-25-2)27-22-19/h4-8,10,17H,3,9,11-13H2,1-2H3. The summed E-state index contributed by atoms with van der Waals surface area (Å²) in [6.45, 7) is 6.06. The van der Waals surface area contributed by atoms with Gasteiger partial charge in [0.2, 0.25) is 5.82 Å². The molecule has 0 bridgehead atoms. The second-order valence-electron chi connectivity index (χ2n) is 6.61. The molecule has 0 atom stereocenters. The van der Waals surface area contributed by atoms with E-state index < -0.39 is 0 Å². The normalized spacial score (nSPS) is 15.0. The Morgan fingerprint density at radius 1 is 1.22 bits per heavy atom. The number of nitrogens with zero attached hydrogens (tertiary/aromatic N) is 5. The number of aromatic nitrogens is 4. The van der Waals surface area contributed by atoms with Gasteiger partial charge in [-0.15, -0.1) is 0 Å². The Hall–Kier alpha value is -2.71. The molecule has 8 heteroatoms. The highest BCUT2D eigenvalue weighted by atomic mass is 16.5. The molecule has 0 N–H and O–H groups in total. The van der Waals surface area contributed by atoms with Crippen LogP contribution in [0.2, 0.25) is 0 Å². The summed E-state index contributed by atoms with van der Waals surface area (Å²) in [5.74, 6) is 1.87. The highest BCUT2D eigenvalue weighted by Crippen LogP contribution is 2.23. The first-order valence-electron chi connectivity index (χ1n) is 9.06. The zero-order valence-electron chi connectivity index (χ0n) is 15.5. The largest absolute Gasteiger partial charge is 0.488 e. The number of benzene rings is 1. The van der Waals surface area contributed by atoms with E-state index in [9.17, 15) is 0 Å². The van der Waals surface area contributed by atoms with Gasteiger partial charge in [0.05, 0.1) is 6.20 Å². The molecule has 1 saturated heterocycles. The molecular formula is C19H23N5O3. The molecule has 2 aromatic heterocycles. The van der Waals surface area contributed by atoms with Crippen molar-refractivity contribution in [3.05, 3.63) is 48.1 Å². The SMILES string of the molecule is CCn1cc(CN2CC(Oc3ccc(-c4noc(COC)n4)cc3)C2)cn1. The molecule has 4 rings (SSSR count). The number of rotatable bonds is 8. The summed E-state index contributed by atoms with van der Waals surface area (Å²) in [5, 5.41) is 8.27. The molecule has 1 aliphatic rings. The zero-order chi connectivity index (χ0) is 18.6. The van der Waals surface area contributed by atoms with E-state index in [1.54, 1.807) is 7.11 Å². The first-order valence-corrected chi connectivity index (χ1v) is 9.06. The first kappa shape index (κ1) is 17.7. The fraction of sp³-hybridized carbons (Fsp3) is 0.421. The fourth-order valence-electron chi connectivity index (χ4n) is 3.07. The van der Waals surface area contributed by atoms with E-state index in [4.69, 9.17) is 14.0 Å². The smallest absolute Gasteiger partial charge is 0.252 e. The van der Waals surface area contributed by atoms with Crippen molar-refractivity contribution in [2.75, 3.05) is 20.2 Å². The maximum Gasteiger partial charge on any atom is 0.252 e. The summed E-state index contributed by atoms with van der Waals surface area (Å²) >= 11 is 0. The number of hydrogen-bond acceptors (Lipinski definition) is 7. The summed E-state index contributed by atoms with van der Waals surface area (Å²) in [5.41, 5.74) is 2.13. The average molecular weight is 369 g/mol. The lowest BCUT2D eigenvalue weighted by atomic mass is 10.1. The minimum absolute atomic E-state index is 0.218. The Labute approximate surface area is 157 Å². The topological polar surface area (TPSA) is 78.4 Å². The Balaban J connectivity index is 1.27. The van der Waals surface area contributed by atoms with Crippen molar-refractivity contribution >= 4 is 0 Å². The predicted molar refractivity (Wildman–Crippen MR) is 98.0 cm³/mol. The third kappa shape index (κ3) is 4.17. The summed E-state index contributed by atoms with van der Waals surface area (Å²) < 4.78 is 18.1. The third-order valence-electron chi connectivity index (χ3n) is 4.49. The van der Waals surface area contributed by atoms with Crippen molar-refractivity contribution < 1.29 is 14.0 Å². The van der Waals surface area contributed by atoms with Crippen LogP contribution < -0.4 is 4.74 Å². The average Bonchev–Trinajstić information content (AvgIpc) is 3.30. The zero-order valence-corrected chi connectivity index (χ0v) is 15.5. The molecule has 27 heavy (non-hydrogen) atoms. The Morgan fingerprint density at radius 2 is 2.04 bits per heavy atom. The summed E-state index contributed by atoms with van der Waals surface area (Å²) in [4.78, 5) is 6.64. The minimum atomic E-state index is 0.218. The van der Waals surface area contributed by atoms with Crippen LogP contribution in [0.4, 0.5) is 0 Å². The minimum Gasteiger partial charge on any atom is -0.488 e. The predicted octanol–water partition coefficient (Wildman–Crippen LogP) is 2.36. The van der Waals surface area contributed by atoms with Gasteiger partial charge in [-0.05, 0) is 31.2 Å². The molecule has 8 nitrogen and oxygen atoms in total. The first-order chi connectivity index (χ1) is 13.2. The Bertz CT molecular complexity index is 868. The van der Waals surface area contributed by atoms with Crippen LogP contribution in [0, 0.1) is 0 Å². The molecular weight excluding hydrogens is 346 g/mol.